The highest BCUT2D eigenvalue weighted by atomic mass is 16.2. The molecule has 0 radical (unpaired) electrons. The predicted molar refractivity (Wildman–Crippen MR) is 47.4 cm³/mol. The van der Waals surface area contributed by atoms with E-state index in [0.29, 0.717) is 6.04 Å². The van der Waals surface area contributed by atoms with E-state index in [-0.39, 0.29) is 12.6 Å². The fourth-order valence-corrected chi connectivity index (χ4v) is 1.79. The quantitative estimate of drug-likeness (QED) is 0.595. The molecule has 2 aliphatic rings. The molecule has 0 aromatic rings. The molecule has 0 N–H and O–H groups in total. The van der Waals surface area contributed by atoms with Crippen molar-refractivity contribution in [1.29, 1.82) is 0 Å². The summed E-state index contributed by atoms with van der Waals surface area (Å²) >= 11 is 0. The van der Waals surface area contributed by atoms with Crippen LogP contribution in [-0.2, 0) is 4.79 Å². The van der Waals surface area contributed by atoms with E-state index >= 15 is 0 Å². The van der Waals surface area contributed by atoms with Gasteiger partial charge < -0.3 is 14.6 Å². The summed E-state index contributed by atoms with van der Waals surface area (Å²) in [7, 11) is 0. The van der Waals surface area contributed by atoms with Crippen LogP contribution in [0.3, 0.4) is 0 Å². The van der Waals surface area contributed by atoms with Gasteiger partial charge in [-0.2, -0.15) is 0 Å². The van der Waals surface area contributed by atoms with Crippen LogP contribution >= 0.6 is 0 Å². The third-order valence-corrected chi connectivity index (χ3v) is 2.63. The first kappa shape index (κ1) is 8.53. The molecule has 1 aliphatic heterocycles. The van der Waals surface area contributed by atoms with Crippen molar-refractivity contribution in [2.45, 2.75) is 25.3 Å². The zero-order valence-electron chi connectivity index (χ0n) is 7.61. The van der Waals surface area contributed by atoms with Gasteiger partial charge in [0, 0.05) is 19.1 Å². The van der Waals surface area contributed by atoms with Crippen molar-refractivity contribution in [2.75, 3.05) is 19.6 Å². The fourth-order valence-electron chi connectivity index (χ4n) is 1.79. The number of nitrogens with zero attached hydrogens (tertiary/aromatic N) is 2. The van der Waals surface area contributed by atoms with E-state index < -0.39 is 0 Å². The highest BCUT2D eigenvalue weighted by Gasteiger charge is 2.36. The number of hydrogen-bond acceptors (Lipinski definition) is 2. The lowest BCUT2D eigenvalue weighted by molar-refractivity contribution is -0.108. The van der Waals surface area contributed by atoms with Gasteiger partial charge in [0.25, 0.3) is 0 Å². The fraction of sp³-hybridized carbons (Fsp3) is 0.778. The first-order chi connectivity index (χ1) is 6.33. The molecular weight excluding hydrogens is 168 g/mol. The van der Waals surface area contributed by atoms with Gasteiger partial charge in [0.1, 0.15) is 6.29 Å². The van der Waals surface area contributed by atoms with Gasteiger partial charge >= 0.3 is 6.03 Å². The zero-order chi connectivity index (χ0) is 9.26. The molecule has 0 aromatic carbocycles. The molecule has 1 heterocycles. The van der Waals surface area contributed by atoms with Crippen LogP contribution in [0.1, 0.15) is 19.3 Å². The van der Waals surface area contributed by atoms with Gasteiger partial charge in [0.2, 0.25) is 0 Å². The SMILES string of the molecule is O=CCN1CCCN(C2CC2)C1=O. The van der Waals surface area contributed by atoms with Gasteiger partial charge in [-0.1, -0.05) is 0 Å². The summed E-state index contributed by atoms with van der Waals surface area (Å²) in [4.78, 5) is 25.5. The number of amides is 2. The number of urea groups is 1. The number of hydrogen-bond donors (Lipinski definition) is 0. The molecule has 4 nitrogen and oxygen atoms in total. The minimum absolute atomic E-state index is 0.0563. The summed E-state index contributed by atoms with van der Waals surface area (Å²) in [6.45, 7) is 1.86. The second-order valence-electron chi connectivity index (χ2n) is 3.67. The molecule has 2 rings (SSSR count). The largest absolute Gasteiger partial charge is 0.322 e. The minimum Gasteiger partial charge on any atom is -0.322 e. The Balaban J connectivity index is 1.97. The van der Waals surface area contributed by atoms with Crippen molar-refractivity contribution < 1.29 is 9.59 Å². The van der Waals surface area contributed by atoms with Crippen molar-refractivity contribution in [3.8, 4) is 0 Å². The van der Waals surface area contributed by atoms with Crippen molar-refractivity contribution in [3.05, 3.63) is 0 Å². The molecule has 0 bridgehead atoms. The second-order valence-corrected chi connectivity index (χ2v) is 3.67. The Kier molecular flexibility index (Phi) is 2.20. The monoisotopic (exact) mass is 182 g/mol. The van der Waals surface area contributed by atoms with Crippen molar-refractivity contribution >= 4 is 12.3 Å². The Hall–Kier alpha value is -1.06. The number of carbonyl (C=O) groups excluding carboxylic acids is 2. The highest BCUT2D eigenvalue weighted by molar-refractivity contribution is 5.78. The molecule has 4 heteroatoms. The molecule has 0 aromatic heterocycles. The zero-order valence-corrected chi connectivity index (χ0v) is 7.61. The van der Waals surface area contributed by atoms with Crippen molar-refractivity contribution in [2.24, 2.45) is 0 Å². The molecule has 0 spiro atoms. The lowest BCUT2D eigenvalue weighted by Gasteiger charge is -2.34. The van der Waals surface area contributed by atoms with Gasteiger partial charge in [0.15, 0.2) is 0 Å². The summed E-state index contributed by atoms with van der Waals surface area (Å²) < 4.78 is 0. The number of aldehydes is 1. The molecule has 1 aliphatic carbocycles. The predicted octanol–water partition coefficient (Wildman–Crippen LogP) is 0.475. The maximum atomic E-state index is 11.7. The molecule has 0 unspecified atom stereocenters. The van der Waals surface area contributed by atoms with E-state index in [2.05, 4.69) is 0 Å². The second kappa shape index (κ2) is 3.36. The third-order valence-electron chi connectivity index (χ3n) is 2.63. The van der Waals surface area contributed by atoms with E-state index in [1.54, 1.807) is 4.90 Å². The van der Waals surface area contributed by atoms with Crippen molar-refractivity contribution in [3.63, 3.8) is 0 Å². The number of rotatable bonds is 3. The van der Waals surface area contributed by atoms with E-state index in [9.17, 15) is 9.59 Å². The van der Waals surface area contributed by atoms with E-state index in [1.165, 1.54) is 0 Å². The van der Waals surface area contributed by atoms with Crippen LogP contribution in [0.5, 0.6) is 0 Å². The van der Waals surface area contributed by atoms with Crippen molar-refractivity contribution in [1.82, 2.24) is 9.80 Å². The Labute approximate surface area is 77.5 Å². The van der Waals surface area contributed by atoms with Crippen LogP contribution in [0.25, 0.3) is 0 Å². The molecule has 13 heavy (non-hydrogen) atoms. The smallest absolute Gasteiger partial charge is 0.320 e. The third kappa shape index (κ3) is 1.66. The topological polar surface area (TPSA) is 40.6 Å². The average Bonchev–Trinajstić information content (AvgIpc) is 2.92. The van der Waals surface area contributed by atoms with Gasteiger partial charge in [0.05, 0.1) is 6.54 Å². The summed E-state index contributed by atoms with van der Waals surface area (Å²) in [5.74, 6) is 0. The average molecular weight is 182 g/mol. The van der Waals surface area contributed by atoms with Gasteiger partial charge in [-0.15, -0.1) is 0 Å². The lowest BCUT2D eigenvalue weighted by Crippen LogP contribution is -2.50. The minimum atomic E-state index is 0.0563. The molecule has 1 saturated heterocycles. The summed E-state index contributed by atoms with van der Waals surface area (Å²) in [6.07, 6.45) is 4.08. The van der Waals surface area contributed by atoms with Crippen LogP contribution in [0, 0.1) is 0 Å². The Morgan fingerprint density at radius 1 is 1.38 bits per heavy atom. The molecular formula is C9H14N2O2. The summed E-state index contributed by atoms with van der Waals surface area (Å²) in [5.41, 5.74) is 0. The summed E-state index contributed by atoms with van der Waals surface area (Å²) in [6, 6.07) is 0.530. The van der Waals surface area contributed by atoms with Crippen LogP contribution in [-0.4, -0.2) is 47.8 Å². The van der Waals surface area contributed by atoms with Crippen LogP contribution < -0.4 is 0 Å². The number of carbonyl (C=O) groups is 2. The maximum Gasteiger partial charge on any atom is 0.320 e. The highest BCUT2D eigenvalue weighted by Crippen LogP contribution is 2.29. The van der Waals surface area contributed by atoms with Crippen LogP contribution in [0.15, 0.2) is 0 Å². The van der Waals surface area contributed by atoms with Gasteiger partial charge in [-0.25, -0.2) is 4.79 Å². The molecule has 0 atom stereocenters. The van der Waals surface area contributed by atoms with E-state index in [0.717, 1.165) is 38.6 Å². The van der Waals surface area contributed by atoms with Crippen LogP contribution in [0.4, 0.5) is 4.79 Å². The van der Waals surface area contributed by atoms with Gasteiger partial charge in [-0.3, -0.25) is 0 Å². The van der Waals surface area contributed by atoms with Crippen LogP contribution in [0.2, 0.25) is 0 Å². The van der Waals surface area contributed by atoms with E-state index in [1.807, 2.05) is 4.90 Å². The normalized spacial score (nSPS) is 23.5. The van der Waals surface area contributed by atoms with Gasteiger partial charge in [-0.05, 0) is 19.3 Å². The molecule has 72 valence electrons. The molecule has 2 amide bonds. The lowest BCUT2D eigenvalue weighted by atomic mass is 10.3. The Morgan fingerprint density at radius 3 is 2.77 bits per heavy atom. The Morgan fingerprint density at radius 2 is 2.15 bits per heavy atom. The molecule has 1 saturated carbocycles. The maximum absolute atomic E-state index is 11.7. The van der Waals surface area contributed by atoms with E-state index in [4.69, 9.17) is 0 Å². The Bertz CT molecular complexity index is 226. The standard InChI is InChI=1S/C9H14N2O2/c12-7-6-10-4-1-5-11(9(10)13)8-2-3-8/h7-8H,1-6H2. The first-order valence-corrected chi connectivity index (χ1v) is 4.82. The molecule has 2 fully saturated rings. The first-order valence-electron chi connectivity index (χ1n) is 4.82. The summed E-state index contributed by atoms with van der Waals surface area (Å²) in [5, 5.41) is 0.